The fourth-order valence-corrected chi connectivity index (χ4v) is 1.76. The molecule has 0 amide bonds. The maximum Gasteiger partial charge on any atom is 0.121 e. The van der Waals surface area contributed by atoms with Gasteiger partial charge in [0, 0.05) is 16.1 Å². The fraction of sp³-hybridized carbons (Fsp3) is 0.455. The monoisotopic (exact) mass is 257 g/mol. The van der Waals surface area contributed by atoms with E-state index in [9.17, 15) is 5.11 Å². The summed E-state index contributed by atoms with van der Waals surface area (Å²) < 4.78 is 0.876. The first-order chi connectivity index (χ1) is 6.65. The number of unbranched alkanes of at least 4 members (excludes halogenated alkanes) is 1. The number of aromatic hydroxyl groups is 1. The van der Waals surface area contributed by atoms with Gasteiger partial charge in [0.15, 0.2) is 0 Å². The minimum Gasteiger partial charge on any atom is -0.508 e. The summed E-state index contributed by atoms with van der Waals surface area (Å²) in [6.07, 6.45) is 3.15. The van der Waals surface area contributed by atoms with Crippen molar-refractivity contribution in [3.63, 3.8) is 0 Å². The van der Waals surface area contributed by atoms with Crippen LogP contribution in [0.1, 0.15) is 37.8 Å². The Labute approximate surface area is 93.3 Å². The van der Waals surface area contributed by atoms with Crippen molar-refractivity contribution in [2.45, 2.75) is 32.2 Å². The van der Waals surface area contributed by atoms with Crippen LogP contribution in [-0.4, -0.2) is 5.11 Å². The molecule has 0 saturated carbocycles. The molecule has 1 rings (SSSR count). The Balaban J connectivity index is 2.74. The molecule has 0 spiro atoms. The molecule has 0 aromatic heterocycles. The van der Waals surface area contributed by atoms with Crippen LogP contribution < -0.4 is 5.73 Å². The summed E-state index contributed by atoms with van der Waals surface area (Å²) in [7, 11) is 0. The second-order valence-corrected chi connectivity index (χ2v) is 4.37. The Morgan fingerprint density at radius 3 is 2.79 bits per heavy atom. The normalized spacial score (nSPS) is 12.8. The molecule has 0 fully saturated rings. The van der Waals surface area contributed by atoms with Gasteiger partial charge in [-0.3, -0.25) is 0 Å². The molecule has 2 nitrogen and oxygen atoms in total. The van der Waals surface area contributed by atoms with E-state index in [2.05, 4.69) is 22.9 Å². The number of nitrogens with two attached hydrogens (primary N) is 1. The molecule has 78 valence electrons. The third-order valence-corrected chi connectivity index (χ3v) is 2.75. The molecule has 3 N–H and O–H groups in total. The van der Waals surface area contributed by atoms with Crippen LogP contribution in [0.4, 0.5) is 0 Å². The summed E-state index contributed by atoms with van der Waals surface area (Å²) in [4.78, 5) is 0. The number of hydrogen-bond acceptors (Lipinski definition) is 2. The zero-order chi connectivity index (χ0) is 10.6. The van der Waals surface area contributed by atoms with Crippen LogP contribution in [-0.2, 0) is 0 Å². The molecule has 1 aromatic rings. The second-order valence-electron chi connectivity index (χ2n) is 3.45. The van der Waals surface area contributed by atoms with Crippen molar-refractivity contribution in [3.05, 3.63) is 28.2 Å². The average Bonchev–Trinajstić information content (AvgIpc) is 2.14. The van der Waals surface area contributed by atoms with Crippen molar-refractivity contribution < 1.29 is 5.11 Å². The molecule has 0 aliphatic rings. The zero-order valence-corrected chi connectivity index (χ0v) is 9.92. The maximum absolute atomic E-state index is 9.65. The van der Waals surface area contributed by atoms with Gasteiger partial charge in [-0.2, -0.15) is 0 Å². The SMILES string of the molecule is CCCC[C@@H](N)c1ccc(Br)cc1O. The van der Waals surface area contributed by atoms with Crippen LogP contribution in [0, 0.1) is 0 Å². The highest BCUT2D eigenvalue weighted by Crippen LogP contribution is 2.28. The summed E-state index contributed by atoms with van der Waals surface area (Å²) in [5.74, 6) is 0.281. The number of benzene rings is 1. The van der Waals surface area contributed by atoms with Gasteiger partial charge in [-0.25, -0.2) is 0 Å². The highest BCUT2D eigenvalue weighted by molar-refractivity contribution is 9.10. The lowest BCUT2D eigenvalue weighted by molar-refractivity contribution is 0.456. The Bertz CT molecular complexity index is 301. The first-order valence-electron chi connectivity index (χ1n) is 4.89. The molecule has 1 atom stereocenters. The van der Waals surface area contributed by atoms with Crippen LogP contribution in [0.15, 0.2) is 22.7 Å². The largest absolute Gasteiger partial charge is 0.508 e. The summed E-state index contributed by atoms with van der Waals surface area (Å²) >= 11 is 3.30. The van der Waals surface area contributed by atoms with E-state index in [1.165, 1.54) is 0 Å². The first kappa shape index (κ1) is 11.5. The third-order valence-electron chi connectivity index (χ3n) is 2.26. The molecule has 3 heteroatoms. The predicted molar refractivity (Wildman–Crippen MR) is 62.3 cm³/mol. The molecule has 0 bridgehead atoms. The van der Waals surface area contributed by atoms with Crippen molar-refractivity contribution in [1.82, 2.24) is 0 Å². The van der Waals surface area contributed by atoms with Crippen molar-refractivity contribution in [3.8, 4) is 5.75 Å². The van der Waals surface area contributed by atoms with Gasteiger partial charge in [0.05, 0.1) is 0 Å². The molecule has 0 aliphatic heterocycles. The van der Waals surface area contributed by atoms with Crippen molar-refractivity contribution >= 4 is 15.9 Å². The van der Waals surface area contributed by atoms with E-state index in [-0.39, 0.29) is 11.8 Å². The van der Waals surface area contributed by atoms with E-state index in [1.54, 1.807) is 6.07 Å². The van der Waals surface area contributed by atoms with Gasteiger partial charge in [0.25, 0.3) is 0 Å². The molecule has 14 heavy (non-hydrogen) atoms. The quantitative estimate of drug-likeness (QED) is 0.869. The van der Waals surface area contributed by atoms with E-state index in [4.69, 9.17) is 5.73 Å². The van der Waals surface area contributed by atoms with Crippen molar-refractivity contribution in [1.29, 1.82) is 0 Å². The third kappa shape index (κ3) is 3.00. The van der Waals surface area contributed by atoms with E-state index in [0.29, 0.717) is 0 Å². The predicted octanol–water partition coefficient (Wildman–Crippen LogP) is 3.34. The van der Waals surface area contributed by atoms with Crippen molar-refractivity contribution in [2.24, 2.45) is 5.73 Å². The summed E-state index contributed by atoms with van der Waals surface area (Å²) in [6, 6.07) is 5.41. The van der Waals surface area contributed by atoms with Gasteiger partial charge in [-0.05, 0) is 18.6 Å². The van der Waals surface area contributed by atoms with Crippen molar-refractivity contribution in [2.75, 3.05) is 0 Å². The van der Waals surface area contributed by atoms with Gasteiger partial charge in [0.1, 0.15) is 5.75 Å². The Kier molecular flexibility index (Phi) is 4.42. The molecule has 0 aliphatic carbocycles. The molecule has 0 heterocycles. The Hall–Kier alpha value is -0.540. The second kappa shape index (κ2) is 5.37. The standard InChI is InChI=1S/C11H16BrNO/c1-2-3-4-10(13)9-6-5-8(12)7-11(9)14/h5-7,10,14H,2-4,13H2,1H3/t10-/m1/s1. The molecule has 0 saturated heterocycles. The highest BCUT2D eigenvalue weighted by Gasteiger charge is 2.10. The van der Waals surface area contributed by atoms with Crippen LogP contribution in [0.25, 0.3) is 0 Å². The van der Waals surface area contributed by atoms with Gasteiger partial charge in [-0.15, -0.1) is 0 Å². The molecule has 1 aromatic carbocycles. The zero-order valence-electron chi connectivity index (χ0n) is 8.33. The average molecular weight is 258 g/mol. The maximum atomic E-state index is 9.65. The van der Waals surface area contributed by atoms with Crippen LogP contribution >= 0.6 is 15.9 Å². The number of phenolic OH excluding ortho intramolecular Hbond substituents is 1. The van der Waals surface area contributed by atoms with E-state index < -0.39 is 0 Å². The number of phenols is 1. The van der Waals surface area contributed by atoms with E-state index in [0.717, 1.165) is 29.3 Å². The number of halogens is 1. The summed E-state index contributed by atoms with van der Waals surface area (Å²) in [5, 5.41) is 9.65. The van der Waals surface area contributed by atoms with Crippen LogP contribution in [0.5, 0.6) is 5.75 Å². The summed E-state index contributed by atoms with van der Waals surface area (Å²) in [5.41, 5.74) is 6.79. The first-order valence-corrected chi connectivity index (χ1v) is 5.68. The van der Waals surface area contributed by atoms with E-state index >= 15 is 0 Å². The highest BCUT2D eigenvalue weighted by atomic mass is 79.9. The van der Waals surface area contributed by atoms with Crippen LogP contribution in [0.2, 0.25) is 0 Å². The fourth-order valence-electron chi connectivity index (χ4n) is 1.41. The number of rotatable bonds is 4. The van der Waals surface area contributed by atoms with Gasteiger partial charge < -0.3 is 10.8 Å². The lowest BCUT2D eigenvalue weighted by Gasteiger charge is -2.13. The minimum atomic E-state index is -0.0527. The molecule has 0 radical (unpaired) electrons. The van der Waals surface area contributed by atoms with Crippen LogP contribution in [0.3, 0.4) is 0 Å². The molecule has 0 unspecified atom stereocenters. The topological polar surface area (TPSA) is 46.2 Å². The summed E-state index contributed by atoms with van der Waals surface area (Å²) in [6.45, 7) is 2.13. The molecular formula is C11H16BrNO. The lowest BCUT2D eigenvalue weighted by Crippen LogP contribution is -2.10. The van der Waals surface area contributed by atoms with Gasteiger partial charge in [-0.1, -0.05) is 41.8 Å². The van der Waals surface area contributed by atoms with E-state index in [1.807, 2.05) is 12.1 Å². The minimum absolute atomic E-state index is 0.0527. The lowest BCUT2D eigenvalue weighted by atomic mass is 10.0. The smallest absolute Gasteiger partial charge is 0.121 e. The number of hydrogen-bond donors (Lipinski definition) is 2. The molecular weight excluding hydrogens is 242 g/mol. The Morgan fingerprint density at radius 1 is 1.50 bits per heavy atom. The Morgan fingerprint density at radius 2 is 2.21 bits per heavy atom. The van der Waals surface area contributed by atoms with Gasteiger partial charge in [0.2, 0.25) is 0 Å². The van der Waals surface area contributed by atoms with Gasteiger partial charge >= 0.3 is 0 Å².